The van der Waals surface area contributed by atoms with Gasteiger partial charge in [0.05, 0.1) is 16.9 Å². The number of aromatic nitrogens is 1. The second kappa shape index (κ2) is 10.2. The summed E-state index contributed by atoms with van der Waals surface area (Å²) in [6, 6.07) is 27.6. The molecule has 31 heavy (non-hydrogen) atoms. The number of benzene rings is 3. The van der Waals surface area contributed by atoms with Gasteiger partial charge in [0.2, 0.25) is 0 Å². The molecule has 0 saturated carbocycles. The number of hydrogen-bond acceptors (Lipinski definition) is 4. The molecule has 0 amide bonds. The summed E-state index contributed by atoms with van der Waals surface area (Å²) in [6.07, 6.45) is 1.15. The van der Waals surface area contributed by atoms with E-state index in [-0.39, 0.29) is 7.92 Å². The first-order valence-corrected chi connectivity index (χ1v) is 13.8. The molecule has 1 heterocycles. The minimum absolute atomic E-state index is 0.0876. The van der Waals surface area contributed by atoms with Gasteiger partial charge in [-0.25, -0.2) is 4.98 Å². The summed E-state index contributed by atoms with van der Waals surface area (Å²) in [5, 5.41) is 9.68. The zero-order chi connectivity index (χ0) is 21.6. The molecule has 4 aromatic rings. The Kier molecular flexibility index (Phi) is 7.11. The van der Waals surface area contributed by atoms with Crippen LogP contribution in [0.5, 0.6) is 0 Å². The number of anilines is 4. The van der Waals surface area contributed by atoms with Crippen LogP contribution >= 0.6 is 19.7 Å². The highest BCUT2D eigenvalue weighted by molar-refractivity contribution is 7.99. The Balaban J connectivity index is 1.67. The Morgan fingerprint density at radius 3 is 2.35 bits per heavy atom. The lowest BCUT2D eigenvalue weighted by atomic mass is 10.1. The second-order valence-corrected chi connectivity index (χ2v) is 11.1. The van der Waals surface area contributed by atoms with Crippen LogP contribution in [0.25, 0.3) is 10.9 Å². The van der Waals surface area contributed by atoms with E-state index < -0.39 is 0 Å². The van der Waals surface area contributed by atoms with Gasteiger partial charge < -0.3 is 10.6 Å². The molecule has 0 spiro atoms. The maximum atomic E-state index is 4.85. The van der Waals surface area contributed by atoms with Crippen molar-refractivity contribution in [2.45, 2.75) is 18.2 Å². The van der Waals surface area contributed by atoms with Crippen LogP contribution in [0.1, 0.15) is 13.3 Å². The Labute approximate surface area is 190 Å². The molecule has 0 aliphatic heterocycles. The van der Waals surface area contributed by atoms with Crippen molar-refractivity contribution in [3.63, 3.8) is 0 Å². The first kappa shape index (κ1) is 21.7. The van der Waals surface area contributed by atoms with Crippen molar-refractivity contribution in [2.75, 3.05) is 29.7 Å². The van der Waals surface area contributed by atoms with E-state index in [1.165, 1.54) is 10.2 Å². The van der Waals surface area contributed by atoms with Crippen LogP contribution in [0.4, 0.5) is 22.9 Å². The molecule has 3 aromatic carbocycles. The van der Waals surface area contributed by atoms with Gasteiger partial charge in [-0.15, -0.1) is 11.8 Å². The number of pyridine rings is 1. The number of para-hydroxylation sites is 2. The van der Waals surface area contributed by atoms with Gasteiger partial charge in [-0.05, 0) is 61.1 Å². The molecule has 0 radical (unpaired) electrons. The Morgan fingerprint density at radius 1 is 0.839 bits per heavy atom. The van der Waals surface area contributed by atoms with E-state index in [9.17, 15) is 0 Å². The second-order valence-electron chi connectivity index (χ2n) is 7.61. The third-order valence-corrected chi connectivity index (χ3v) is 7.60. The third kappa shape index (κ3) is 5.39. The highest BCUT2D eigenvalue weighted by atomic mass is 32.2. The van der Waals surface area contributed by atoms with Crippen molar-refractivity contribution >= 4 is 58.8 Å². The van der Waals surface area contributed by atoms with Crippen molar-refractivity contribution in [3.05, 3.63) is 78.9 Å². The van der Waals surface area contributed by atoms with E-state index in [0.717, 1.165) is 46.0 Å². The SMILES string of the molecule is CCCSc1ccccc1Nc1cc(Nc2ccc(P(C)C)cc2)nc2ccccc12. The van der Waals surface area contributed by atoms with Crippen molar-refractivity contribution < 1.29 is 0 Å². The number of thioether (sulfide) groups is 1. The molecule has 0 saturated heterocycles. The fourth-order valence-corrected chi connectivity index (χ4v) is 5.01. The fourth-order valence-electron chi connectivity index (χ4n) is 3.39. The fraction of sp³-hybridized carbons (Fsp3) is 0.192. The van der Waals surface area contributed by atoms with E-state index in [2.05, 4.69) is 104 Å². The minimum Gasteiger partial charge on any atom is -0.354 e. The van der Waals surface area contributed by atoms with E-state index in [1.807, 2.05) is 17.8 Å². The number of nitrogens with zero attached hydrogens (tertiary/aromatic N) is 1. The lowest BCUT2D eigenvalue weighted by Gasteiger charge is -2.16. The number of hydrogen-bond donors (Lipinski definition) is 2. The Morgan fingerprint density at radius 2 is 1.58 bits per heavy atom. The number of fused-ring (bicyclic) bond motifs is 1. The molecule has 0 fully saturated rings. The van der Waals surface area contributed by atoms with Gasteiger partial charge >= 0.3 is 0 Å². The predicted octanol–water partition coefficient (Wildman–Crippen LogP) is 7.59. The van der Waals surface area contributed by atoms with Gasteiger partial charge in [0.15, 0.2) is 0 Å². The molecular formula is C26H28N3PS. The van der Waals surface area contributed by atoms with Crippen molar-refractivity contribution in [1.29, 1.82) is 0 Å². The van der Waals surface area contributed by atoms with Gasteiger partial charge in [0, 0.05) is 22.0 Å². The van der Waals surface area contributed by atoms with Crippen LogP contribution < -0.4 is 15.9 Å². The van der Waals surface area contributed by atoms with Crippen LogP contribution in [0.2, 0.25) is 0 Å². The monoisotopic (exact) mass is 445 g/mol. The highest BCUT2D eigenvalue weighted by Crippen LogP contribution is 2.34. The molecule has 3 nitrogen and oxygen atoms in total. The smallest absolute Gasteiger partial charge is 0.133 e. The third-order valence-electron chi connectivity index (χ3n) is 4.99. The number of nitrogens with one attached hydrogen (secondary N) is 2. The van der Waals surface area contributed by atoms with Crippen LogP contribution in [0.3, 0.4) is 0 Å². The Bertz CT molecular complexity index is 1160. The van der Waals surface area contributed by atoms with E-state index in [0.29, 0.717) is 0 Å². The molecule has 0 unspecified atom stereocenters. The average Bonchev–Trinajstić information content (AvgIpc) is 2.79. The normalized spacial score (nSPS) is 11.1. The summed E-state index contributed by atoms with van der Waals surface area (Å²) in [6.45, 7) is 6.76. The van der Waals surface area contributed by atoms with E-state index in [4.69, 9.17) is 4.98 Å². The summed E-state index contributed by atoms with van der Waals surface area (Å²) in [4.78, 5) is 6.12. The van der Waals surface area contributed by atoms with Crippen molar-refractivity contribution in [1.82, 2.24) is 4.98 Å². The zero-order valence-corrected chi connectivity index (χ0v) is 19.9. The summed E-state index contributed by atoms with van der Waals surface area (Å²) in [5.41, 5.74) is 4.20. The average molecular weight is 446 g/mol. The maximum absolute atomic E-state index is 4.85. The summed E-state index contributed by atoms with van der Waals surface area (Å²) < 4.78 is 0. The van der Waals surface area contributed by atoms with Crippen LogP contribution in [-0.2, 0) is 0 Å². The molecule has 5 heteroatoms. The molecular weight excluding hydrogens is 417 g/mol. The van der Waals surface area contributed by atoms with Crippen molar-refractivity contribution in [3.8, 4) is 0 Å². The molecule has 158 valence electrons. The first-order chi connectivity index (χ1) is 15.1. The molecule has 2 N–H and O–H groups in total. The van der Waals surface area contributed by atoms with Crippen molar-refractivity contribution in [2.24, 2.45) is 0 Å². The van der Waals surface area contributed by atoms with Gasteiger partial charge in [0.1, 0.15) is 5.82 Å². The summed E-state index contributed by atoms with van der Waals surface area (Å²) in [5.74, 6) is 1.94. The van der Waals surface area contributed by atoms with Crippen LogP contribution in [-0.4, -0.2) is 24.1 Å². The van der Waals surface area contributed by atoms with E-state index in [1.54, 1.807) is 0 Å². The van der Waals surface area contributed by atoms with E-state index >= 15 is 0 Å². The summed E-state index contributed by atoms with van der Waals surface area (Å²) in [7, 11) is -0.0876. The predicted molar refractivity (Wildman–Crippen MR) is 141 cm³/mol. The van der Waals surface area contributed by atoms with Crippen LogP contribution in [0.15, 0.2) is 83.8 Å². The maximum Gasteiger partial charge on any atom is 0.133 e. The molecule has 4 rings (SSSR count). The minimum atomic E-state index is -0.0876. The van der Waals surface area contributed by atoms with Gasteiger partial charge in [-0.1, -0.05) is 57.3 Å². The molecule has 0 aliphatic carbocycles. The highest BCUT2D eigenvalue weighted by Gasteiger charge is 2.09. The standard InChI is InChI=1S/C26H28N3PS/c1-4-17-31-25-12-8-7-11-23(25)28-24-18-26(29-22-10-6-5-9-21(22)24)27-19-13-15-20(16-14-19)30(2)3/h5-16,18H,4,17H2,1-3H3,(H2,27,28,29). The molecule has 1 aromatic heterocycles. The number of rotatable bonds is 8. The largest absolute Gasteiger partial charge is 0.354 e. The molecule has 0 bridgehead atoms. The lowest BCUT2D eigenvalue weighted by molar-refractivity contribution is 1.10. The molecule has 0 aliphatic rings. The van der Waals surface area contributed by atoms with Crippen LogP contribution in [0, 0.1) is 0 Å². The first-order valence-electron chi connectivity index (χ1n) is 10.6. The van der Waals surface area contributed by atoms with Gasteiger partial charge in [-0.2, -0.15) is 0 Å². The quantitative estimate of drug-likeness (QED) is 0.216. The summed E-state index contributed by atoms with van der Waals surface area (Å²) >= 11 is 1.89. The topological polar surface area (TPSA) is 37.0 Å². The lowest BCUT2D eigenvalue weighted by Crippen LogP contribution is -2.01. The van der Waals surface area contributed by atoms with Gasteiger partial charge in [0.25, 0.3) is 0 Å². The Hall–Kier alpha value is -2.55. The molecule has 0 atom stereocenters. The van der Waals surface area contributed by atoms with Gasteiger partial charge in [-0.3, -0.25) is 0 Å². The zero-order valence-electron chi connectivity index (χ0n) is 18.2.